The maximum Gasteiger partial charge on any atom is 0.350 e. The first kappa shape index (κ1) is 15.6. The molecule has 1 aromatic heterocycles. The third-order valence-corrected chi connectivity index (χ3v) is 3.55. The maximum atomic E-state index is 11.5. The number of methoxy groups -OCH3 is 2. The zero-order valence-corrected chi connectivity index (χ0v) is 12.3. The van der Waals surface area contributed by atoms with Crippen LogP contribution in [-0.4, -0.2) is 39.9 Å². The summed E-state index contributed by atoms with van der Waals surface area (Å²) in [6.45, 7) is 4.08. The van der Waals surface area contributed by atoms with Crippen LogP contribution in [0.2, 0.25) is 0 Å². The minimum atomic E-state index is -0.455. The van der Waals surface area contributed by atoms with Gasteiger partial charge in [0.2, 0.25) is 0 Å². The van der Waals surface area contributed by atoms with E-state index in [1.165, 1.54) is 25.6 Å². The van der Waals surface area contributed by atoms with Crippen LogP contribution >= 0.6 is 11.3 Å². The highest BCUT2D eigenvalue weighted by Crippen LogP contribution is 2.42. The highest BCUT2D eigenvalue weighted by Gasteiger charge is 2.22. The van der Waals surface area contributed by atoms with E-state index in [9.17, 15) is 4.79 Å². The molecule has 108 valence electrons. The fraction of sp³-hybridized carbons (Fsp3) is 0.583. The molecule has 0 fully saturated rings. The van der Waals surface area contributed by atoms with Crippen molar-refractivity contribution in [3.63, 3.8) is 0 Å². The predicted molar refractivity (Wildman–Crippen MR) is 76.2 cm³/mol. The fourth-order valence-corrected chi connectivity index (χ4v) is 2.55. The largest absolute Gasteiger partial charge is 0.492 e. The summed E-state index contributed by atoms with van der Waals surface area (Å²) in [6.07, 6.45) is 0.863. The predicted octanol–water partition coefficient (Wildman–Crippen LogP) is 1.96. The molecule has 6 nitrogen and oxygen atoms in total. The summed E-state index contributed by atoms with van der Waals surface area (Å²) in [5, 5.41) is 3.92. The number of rotatable bonds is 8. The highest BCUT2D eigenvalue weighted by atomic mass is 32.1. The molecule has 19 heavy (non-hydrogen) atoms. The van der Waals surface area contributed by atoms with E-state index >= 15 is 0 Å². The van der Waals surface area contributed by atoms with Crippen LogP contribution < -0.4 is 15.8 Å². The fourth-order valence-electron chi connectivity index (χ4n) is 1.51. The van der Waals surface area contributed by atoms with Crippen molar-refractivity contribution >= 4 is 28.0 Å². The first-order valence-electron chi connectivity index (χ1n) is 6.01. The molecule has 0 aliphatic rings. The van der Waals surface area contributed by atoms with Crippen LogP contribution in [0.15, 0.2) is 0 Å². The summed E-state index contributed by atoms with van der Waals surface area (Å²) in [4.78, 5) is 11.9. The summed E-state index contributed by atoms with van der Waals surface area (Å²) in [6, 6.07) is 0. The molecule has 1 aromatic rings. The zero-order valence-electron chi connectivity index (χ0n) is 11.4. The van der Waals surface area contributed by atoms with Gasteiger partial charge >= 0.3 is 5.97 Å². The van der Waals surface area contributed by atoms with Crippen LogP contribution in [0.25, 0.3) is 0 Å². The second kappa shape index (κ2) is 7.85. The minimum Gasteiger partial charge on any atom is -0.492 e. The van der Waals surface area contributed by atoms with Gasteiger partial charge in [-0.15, -0.1) is 11.3 Å². The van der Waals surface area contributed by atoms with Crippen LogP contribution in [-0.2, 0) is 9.47 Å². The molecule has 0 saturated heterocycles. The van der Waals surface area contributed by atoms with E-state index in [1.54, 1.807) is 0 Å². The lowest BCUT2D eigenvalue weighted by atomic mass is 10.3. The van der Waals surface area contributed by atoms with Gasteiger partial charge in [0, 0.05) is 19.8 Å². The average Bonchev–Trinajstić information content (AvgIpc) is 2.74. The van der Waals surface area contributed by atoms with Crippen LogP contribution in [0.5, 0.6) is 5.75 Å². The molecule has 0 aromatic carbocycles. The molecule has 0 saturated carbocycles. The Hall–Kier alpha value is -1.47. The van der Waals surface area contributed by atoms with Gasteiger partial charge in [0.25, 0.3) is 0 Å². The van der Waals surface area contributed by atoms with Crippen LogP contribution in [0, 0.1) is 0 Å². The van der Waals surface area contributed by atoms with E-state index < -0.39 is 5.97 Å². The second-order valence-corrected chi connectivity index (χ2v) is 4.70. The summed E-state index contributed by atoms with van der Waals surface area (Å²) < 4.78 is 15.1. The smallest absolute Gasteiger partial charge is 0.350 e. The molecule has 1 heterocycles. The average molecular weight is 288 g/mol. The summed E-state index contributed by atoms with van der Waals surface area (Å²) >= 11 is 1.23. The Balaban J connectivity index is 2.69. The Morgan fingerprint density at radius 2 is 2.16 bits per heavy atom. The molecule has 0 spiro atoms. The van der Waals surface area contributed by atoms with Gasteiger partial charge in [-0.05, 0) is 13.3 Å². The quantitative estimate of drug-likeness (QED) is 0.562. The Morgan fingerprint density at radius 3 is 2.74 bits per heavy atom. The van der Waals surface area contributed by atoms with Crippen LogP contribution in [0.4, 0.5) is 10.7 Å². The van der Waals surface area contributed by atoms with Crippen molar-refractivity contribution in [3.8, 4) is 5.75 Å². The Morgan fingerprint density at radius 1 is 1.42 bits per heavy atom. The monoisotopic (exact) mass is 288 g/mol. The third-order valence-electron chi connectivity index (χ3n) is 2.43. The number of carbonyl (C=O) groups is 1. The van der Waals surface area contributed by atoms with Gasteiger partial charge < -0.3 is 25.3 Å². The molecule has 0 aliphatic carbocycles. The number of ether oxygens (including phenoxy) is 3. The lowest BCUT2D eigenvalue weighted by Crippen LogP contribution is -2.05. The van der Waals surface area contributed by atoms with E-state index in [0.29, 0.717) is 29.5 Å². The molecular weight excluding hydrogens is 268 g/mol. The van der Waals surface area contributed by atoms with Gasteiger partial charge in [-0.2, -0.15) is 0 Å². The Kier molecular flexibility index (Phi) is 6.44. The topological polar surface area (TPSA) is 82.8 Å². The number of carbonyl (C=O) groups excluding carboxylic acids is 1. The molecule has 1 rings (SSSR count). The number of nitrogens with one attached hydrogen (secondary N) is 1. The molecular formula is C12H20N2O4S. The van der Waals surface area contributed by atoms with E-state index in [0.717, 1.165) is 18.0 Å². The molecule has 0 atom stereocenters. The van der Waals surface area contributed by atoms with Crippen LogP contribution in [0.1, 0.15) is 23.0 Å². The van der Waals surface area contributed by atoms with E-state index in [2.05, 4.69) is 10.1 Å². The first-order chi connectivity index (χ1) is 9.15. The van der Waals surface area contributed by atoms with Gasteiger partial charge in [-0.25, -0.2) is 4.79 Å². The summed E-state index contributed by atoms with van der Waals surface area (Å²) in [7, 11) is 2.84. The van der Waals surface area contributed by atoms with Crippen molar-refractivity contribution in [1.29, 1.82) is 0 Å². The zero-order chi connectivity index (χ0) is 14.3. The highest BCUT2D eigenvalue weighted by molar-refractivity contribution is 7.19. The molecule has 0 unspecified atom stereocenters. The van der Waals surface area contributed by atoms with Crippen molar-refractivity contribution in [2.45, 2.75) is 13.3 Å². The summed E-state index contributed by atoms with van der Waals surface area (Å²) in [5.74, 6) is 0.0324. The van der Waals surface area contributed by atoms with Crippen molar-refractivity contribution in [2.24, 2.45) is 0 Å². The van der Waals surface area contributed by atoms with E-state index in [4.69, 9.17) is 15.2 Å². The first-order valence-corrected chi connectivity index (χ1v) is 6.83. The molecule has 7 heteroatoms. The number of nitrogen functional groups attached to an aromatic ring is 1. The summed E-state index contributed by atoms with van der Waals surface area (Å²) in [5.41, 5.74) is 6.17. The normalized spacial score (nSPS) is 10.3. The minimum absolute atomic E-state index is 0.312. The third kappa shape index (κ3) is 4.00. The van der Waals surface area contributed by atoms with Crippen molar-refractivity contribution in [2.75, 3.05) is 45.0 Å². The Bertz CT molecular complexity index is 420. The second-order valence-electron chi connectivity index (χ2n) is 3.68. The standard InChI is InChI=1S/C12H20N2O4S/c1-4-18-7-5-6-14-11-9(16-2)8(13)10(19-11)12(15)17-3/h14H,4-7,13H2,1-3H3. The van der Waals surface area contributed by atoms with Gasteiger partial charge in [-0.3, -0.25) is 0 Å². The van der Waals surface area contributed by atoms with Crippen molar-refractivity contribution in [1.82, 2.24) is 0 Å². The van der Waals surface area contributed by atoms with Crippen LogP contribution in [0.3, 0.4) is 0 Å². The lowest BCUT2D eigenvalue weighted by molar-refractivity contribution is 0.0607. The van der Waals surface area contributed by atoms with Gasteiger partial charge in [0.1, 0.15) is 15.6 Å². The number of hydrogen-bond acceptors (Lipinski definition) is 7. The van der Waals surface area contributed by atoms with Gasteiger partial charge in [0.15, 0.2) is 5.75 Å². The lowest BCUT2D eigenvalue weighted by Gasteiger charge is -2.06. The van der Waals surface area contributed by atoms with E-state index in [-0.39, 0.29) is 0 Å². The number of hydrogen-bond donors (Lipinski definition) is 2. The number of esters is 1. The molecule has 0 amide bonds. The number of nitrogens with two attached hydrogens (primary N) is 1. The van der Waals surface area contributed by atoms with Crippen molar-refractivity contribution < 1.29 is 19.0 Å². The molecule has 0 bridgehead atoms. The van der Waals surface area contributed by atoms with Crippen molar-refractivity contribution in [3.05, 3.63) is 4.88 Å². The van der Waals surface area contributed by atoms with E-state index in [1.807, 2.05) is 6.92 Å². The number of anilines is 2. The number of thiophene rings is 1. The molecule has 0 aliphatic heterocycles. The Labute approximate surface area is 116 Å². The molecule has 0 radical (unpaired) electrons. The maximum absolute atomic E-state index is 11.5. The van der Waals surface area contributed by atoms with Gasteiger partial charge in [0.05, 0.1) is 14.2 Å². The molecule has 3 N–H and O–H groups in total. The van der Waals surface area contributed by atoms with Gasteiger partial charge in [-0.1, -0.05) is 0 Å². The SMILES string of the molecule is CCOCCCNc1sc(C(=O)OC)c(N)c1OC.